The van der Waals surface area contributed by atoms with Gasteiger partial charge in [-0.2, -0.15) is 25.4 Å². The molecule has 0 fully saturated rings. The molecule has 30 heavy (non-hydrogen) atoms. The van der Waals surface area contributed by atoms with E-state index in [-0.39, 0.29) is 11.3 Å². The standard InChI is InChI=1S/C21H11N9/c22-11-16(12-23)19(13-24)26-17-3-1-2-15(10-17)18-4-5-20-27-28-21(30(20)29-18)14-6-8-25-9-7-14/h1-10,26H. The van der Waals surface area contributed by atoms with E-state index >= 15 is 0 Å². The smallest absolute Gasteiger partial charge is 0.185 e. The van der Waals surface area contributed by atoms with Gasteiger partial charge in [0.2, 0.25) is 0 Å². The highest BCUT2D eigenvalue weighted by molar-refractivity contribution is 5.69. The number of allylic oxidation sites excluding steroid dienone is 2. The van der Waals surface area contributed by atoms with E-state index in [1.54, 1.807) is 47.2 Å². The molecule has 3 aromatic heterocycles. The predicted molar refractivity (Wildman–Crippen MR) is 107 cm³/mol. The van der Waals surface area contributed by atoms with Gasteiger partial charge in [0.25, 0.3) is 0 Å². The van der Waals surface area contributed by atoms with Gasteiger partial charge in [-0.15, -0.1) is 10.2 Å². The van der Waals surface area contributed by atoms with Crippen molar-refractivity contribution in [2.24, 2.45) is 0 Å². The zero-order valence-corrected chi connectivity index (χ0v) is 15.4. The summed E-state index contributed by atoms with van der Waals surface area (Å²) in [6.45, 7) is 0. The van der Waals surface area contributed by atoms with Crippen molar-refractivity contribution in [3.8, 4) is 40.9 Å². The molecule has 0 saturated carbocycles. The second-order valence-corrected chi connectivity index (χ2v) is 6.04. The van der Waals surface area contributed by atoms with Crippen LogP contribution in [0.3, 0.4) is 0 Å². The van der Waals surface area contributed by atoms with Gasteiger partial charge in [0.1, 0.15) is 23.9 Å². The molecular formula is C21H11N9. The van der Waals surface area contributed by atoms with Crippen molar-refractivity contribution in [2.75, 3.05) is 5.32 Å². The molecule has 0 aliphatic carbocycles. The fourth-order valence-corrected chi connectivity index (χ4v) is 2.81. The van der Waals surface area contributed by atoms with Crippen LogP contribution in [0.2, 0.25) is 0 Å². The van der Waals surface area contributed by atoms with E-state index in [0.29, 0.717) is 22.9 Å². The first-order chi connectivity index (χ1) is 14.7. The number of hydrogen-bond acceptors (Lipinski definition) is 8. The second-order valence-electron chi connectivity index (χ2n) is 6.04. The average Bonchev–Trinajstić information content (AvgIpc) is 3.23. The molecule has 1 N–H and O–H groups in total. The molecule has 0 unspecified atom stereocenters. The quantitative estimate of drug-likeness (QED) is 0.525. The van der Waals surface area contributed by atoms with Crippen molar-refractivity contribution in [1.82, 2.24) is 24.8 Å². The molecule has 0 atom stereocenters. The number of rotatable bonds is 4. The molecule has 0 aliphatic heterocycles. The summed E-state index contributed by atoms with van der Waals surface area (Å²) in [6.07, 6.45) is 3.35. The van der Waals surface area contributed by atoms with Crippen LogP contribution in [0.5, 0.6) is 0 Å². The Morgan fingerprint density at radius 1 is 0.867 bits per heavy atom. The topological polar surface area (TPSA) is 139 Å². The number of benzene rings is 1. The van der Waals surface area contributed by atoms with E-state index in [9.17, 15) is 5.26 Å². The molecule has 0 saturated heterocycles. The maximum Gasteiger partial charge on any atom is 0.185 e. The molecule has 0 radical (unpaired) electrons. The first-order valence-corrected chi connectivity index (χ1v) is 8.68. The van der Waals surface area contributed by atoms with Crippen LogP contribution in [0.15, 0.2) is 72.2 Å². The molecule has 9 heteroatoms. The average molecular weight is 389 g/mol. The third kappa shape index (κ3) is 3.40. The molecular weight excluding hydrogens is 378 g/mol. The van der Waals surface area contributed by atoms with E-state index in [2.05, 4.69) is 25.6 Å². The van der Waals surface area contributed by atoms with Gasteiger partial charge in [-0.25, -0.2) is 0 Å². The van der Waals surface area contributed by atoms with Gasteiger partial charge < -0.3 is 5.32 Å². The number of nitriles is 3. The van der Waals surface area contributed by atoms with E-state index in [1.165, 1.54) is 0 Å². The molecule has 1 aromatic carbocycles. The lowest BCUT2D eigenvalue weighted by atomic mass is 10.1. The summed E-state index contributed by atoms with van der Waals surface area (Å²) in [5.41, 5.74) is 3.01. The monoisotopic (exact) mass is 389 g/mol. The molecule has 0 amide bonds. The number of aromatic nitrogens is 5. The Morgan fingerprint density at radius 3 is 2.40 bits per heavy atom. The Labute approximate surface area is 170 Å². The summed E-state index contributed by atoms with van der Waals surface area (Å²) < 4.78 is 1.65. The first kappa shape index (κ1) is 18.3. The van der Waals surface area contributed by atoms with Gasteiger partial charge in [-0.3, -0.25) is 4.98 Å². The third-order valence-electron chi connectivity index (χ3n) is 4.21. The Kier molecular flexibility index (Phi) is 4.81. The van der Waals surface area contributed by atoms with Crippen molar-refractivity contribution in [2.45, 2.75) is 0 Å². The largest absolute Gasteiger partial charge is 0.345 e. The van der Waals surface area contributed by atoms with Crippen molar-refractivity contribution >= 4 is 11.3 Å². The maximum absolute atomic E-state index is 9.23. The summed E-state index contributed by atoms with van der Waals surface area (Å²) in [4.78, 5) is 4.01. The summed E-state index contributed by atoms with van der Waals surface area (Å²) >= 11 is 0. The summed E-state index contributed by atoms with van der Waals surface area (Å²) in [5.74, 6) is 0.589. The fraction of sp³-hybridized carbons (Fsp3) is 0. The Bertz CT molecular complexity index is 1380. The minimum Gasteiger partial charge on any atom is -0.345 e. The van der Waals surface area contributed by atoms with Crippen molar-refractivity contribution in [3.63, 3.8) is 0 Å². The van der Waals surface area contributed by atoms with Gasteiger partial charge in [0.05, 0.1) is 5.69 Å². The lowest BCUT2D eigenvalue weighted by Gasteiger charge is -2.08. The van der Waals surface area contributed by atoms with E-state index in [0.717, 1.165) is 11.1 Å². The van der Waals surface area contributed by atoms with Gasteiger partial charge in [-0.05, 0) is 36.4 Å². The highest BCUT2D eigenvalue weighted by atomic mass is 15.4. The minimum absolute atomic E-state index is 0.112. The number of fused-ring (bicyclic) bond motifs is 1. The first-order valence-electron chi connectivity index (χ1n) is 8.68. The van der Waals surface area contributed by atoms with Crippen molar-refractivity contribution < 1.29 is 0 Å². The van der Waals surface area contributed by atoms with Gasteiger partial charge in [0.15, 0.2) is 17.0 Å². The molecule has 3 heterocycles. The van der Waals surface area contributed by atoms with Crippen molar-refractivity contribution in [3.05, 3.63) is 72.2 Å². The van der Waals surface area contributed by atoms with Crippen LogP contribution in [0.1, 0.15) is 0 Å². The van der Waals surface area contributed by atoms with Crippen LogP contribution in [-0.4, -0.2) is 24.8 Å². The van der Waals surface area contributed by atoms with E-state index in [4.69, 9.17) is 10.5 Å². The summed E-state index contributed by atoms with van der Waals surface area (Å²) in [7, 11) is 0. The lowest BCUT2D eigenvalue weighted by Crippen LogP contribution is -2.01. The predicted octanol–water partition coefficient (Wildman–Crippen LogP) is 3.09. The van der Waals surface area contributed by atoms with Crippen LogP contribution in [-0.2, 0) is 0 Å². The normalized spacial score (nSPS) is 9.90. The zero-order chi connectivity index (χ0) is 20.9. The Morgan fingerprint density at radius 2 is 1.67 bits per heavy atom. The molecule has 4 rings (SSSR count). The molecule has 9 nitrogen and oxygen atoms in total. The third-order valence-corrected chi connectivity index (χ3v) is 4.21. The van der Waals surface area contributed by atoms with Crippen LogP contribution in [0.25, 0.3) is 28.3 Å². The zero-order valence-electron chi connectivity index (χ0n) is 15.4. The molecule has 0 bridgehead atoms. The Balaban J connectivity index is 1.74. The van der Waals surface area contributed by atoms with E-state index < -0.39 is 0 Å². The van der Waals surface area contributed by atoms with Crippen LogP contribution in [0, 0.1) is 34.0 Å². The molecule has 0 aliphatic rings. The fourth-order valence-electron chi connectivity index (χ4n) is 2.81. The van der Waals surface area contributed by atoms with E-state index in [1.807, 2.05) is 36.4 Å². The number of nitrogens with one attached hydrogen (secondary N) is 1. The molecule has 140 valence electrons. The highest BCUT2D eigenvalue weighted by Crippen LogP contribution is 2.24. The molecule has 0 spiro atoms. The number of anilines is 1. The van der Waals surface area contributed by atoms with Crippen molar-refractivity contribution in [1.29, 1.82) is 15.8 Å². The maximum atomic E-state index is 9.23. The SMILES string of the molecule is N#CC(C#N)=C(C#N)Nc1cccc(-c2ccc3nnc(-c4ccncc4)n3n2)c1. The van der Waals surface area contributed by atoms with Crippen LogP contribution < -0.4 is 5.32 Å². The van der Waals surface area contributed by atoms with Crippen LogP contribution >= 0.6 is 0 Å². The molecule has 4 aromatic rings. The summed E-state index contributed by atoms with van der Waals surface area (Å²) in [5, 5.41) is 43.0. The Hall–Kier alpha value is -5.07. The van der Waals surface area contributed by atoms with Crippen LogP contribution in [0.4, 0.5) is 5.69 Å². The minimum atomic E-state index is -0.283. The number of hydrogen-bond donors (Lipinski definition) is 1. The van der Waals surface area contributed by atoms with Gasteiger partial charge in [-0.1, -0.05) is 12.1 Å². The van der Waals surface area contributed by atoms with Gasteiger partial charge >= 0.3 is 0 Å². The number of nitrogens with zero attached hydrogens (tertiary/aromatic N) is 8. The lowest BCUT2D eigenvalue weighted by molar-refractivity contribution is 0.941. The highest BCUT2D eigenvalue weighted by Gasteiger charge is 2.12. The van der Waals surface area contributed by atoms with Gasteiger partial charge in [0, 0.05) is 29.2 Å². The second kappa shape index (κ2) is 7.89. The number of pyridine rings is 1. The summed E-state index contributed by atoms with van der Waals surface area (Å²) in [6, 6.07) is 19.7.